The van der Waals surface area contributed by atoms with Crippen LogP contribution in [0.1, 0.15) is 20.3 Å². The molecule has 0 bridgehead atoms. The monoisotopic (exact) mass is 251 g/mol. The van der Waals surface area contributed by atoms with Crippen LogP contribution >= 0.6 is 0 Å². The Morgan fingerprint density at radius 2 is 2.06 bits per heavy atom. The molecule has 0 saturated carbocycles. The molecule has 0 unspecified atom stereocenters. The number of rotatable bonds is 9. The molecule has 0 aromatic carbocycles. The van der Waals surface area contributed by atoms with Gasteiger partial charge in [0.2, 0.25) is 5.91 Å². The van der Waals surface area contributed by atoms with Crippen LogP contribution in [0.25, 0.3) is 0 Å². The van der Waals surface area contributed by atoms with Gasteiger partial charge in [-0.2, -0.15) is 0 Å². The molecule has 0 atom stereocenters. The fourth-order valence-electron chi connectivity index (χ4n) is 1.37. The lowest BCUT2D eigenvalue weighted by molar-refractivity contribution is -0.122. The normalized spacial score (nSPS) is 11.5. The highest BCUT2D eigenvalue weighted by Gasteiger charge is 2.14. The molecule has 6 heteroatoms. The summed E-state index contributed by atoms with van der Waals surface area (Å²) < 4.78 is 24.4. The topological polar surface area (TPSA) is 58.4 Å². The van der Waals surface area contributed by atoms with Gasteiger partial charge in [-0.1, -0.05) is 13.8 Å². The number of halogens is 2. The summed E-state index contributed by atoms with van der Waals surface area (Å²) in [5, 5.41) is 2.71. The lowest BCUT2D eigenvalue weighted by Crippen LogP contribution is -2.42. The van der Waals surface area contributed by atoms with Crippen molar-refractivity contribution in [3.63, 3.8) is 0 Å². The maximum Gasteiger partial charge on any atom is 0.251 e. The third kappa shape index (κ3) is 10.1. The van der Waals surface area contributed by atoms with Crippen molar-refractivity contribution in [2.24, 2.45) is 11.7 Å². The molecule has 0 rings (SSSR count). The fraction of sp³-hybridized carbons (Fsp3) is 0.909. The molecule has 102 valence electrons. The van der Waals surface area contributed by atoms with E-state index < -0.39 is 13.0 Å². The minimum atomic E-state index is -2.44. The molecule has 0 aliphatic carbocycles. The van der Waals surface area contributed by atoms with E-state index in [0.717, 1.165) is 6.42 Å². The first-order valence-corrected chi connectivity index (χ1v) is 5.93. The number of nitrogens with one attached hydrogen (secondary N) is 1. The number of nitrogens with two attached hydrogens (primary N) is 1. The standard InChI is InChI=1S/C11H23F2N3O/c1-9(2)3-5-15-11(17)8-16(6-4-14)7-10(12)13/h9-10H,3-8,14H2,1-2H3,(H,15,17). The molecule has 0 saturated heterocycles. The molecule has 0 aromatic heterocycles. The smallest absolute Gasteiger partial charge is 0.251 e. The molecule has 0 heterocycles. The Balaban J connectivity index is 3.86. The first-order chi connectivity index (χ1) is 7.95. The van der Waals surface area contributed by atoms with Crippen LogP contribution in [0.15, 0.2) is 0 Å². The van der Waals surface area contributed by atoms with Gasteiger partial charge < -0.3 is 11.1 Å². The highest BCUT2D eigenvalue weighted by Crippen LogP contribution is 1.98. The molecular formula is C11H23F2N3O. The van der Waals surface area contributed by atoms with Crippen molar-refractivity contribution in [1.29, 1.82) is 0 Å². The summed E-state index contributed by atoms with van der Waals surface area (Å²) in [6, 6.07) is 0. The highest BCUT2D eigenvalue weighted by molar-refractivity contribution is 5.77. The highest BCUT2D eigenvalue weighted by atomic mass is 19.3. The zero-order chi connectivity index (χ0) is 13.3. The Morgan fingerprint density at radius 1 is 1.41 bits per heavy atom. The number of hydrogen-bond acceptors (Lipinski definition) is 3. The maximum atomic E-state index is 12.2. The van der Waals surface area contributed by atoms with Crippen LogP contribution in [-0.2, 0) is 4.79 Å². The largest absolute Gasteiger partial charge is 0.355 e. The molecule has 0 aromatic rings. The molecule has 0 spiro atoms. The van der Waals surface area contributed by atoms with Crippen LogP contribution < -0.4 is 11.1 Å². The van der Waals surface area contributed by atoms with Crippen molar-refractivity contribution >= 4 is 5.91 Å². The van der Waals surface area contributed by atoms with Gasteiger partial charge in [-0.15, -0.1) is 0 Å². The summed E-state index contributed by atoms with van der Waals surface area (Å²) in [5.74, 6) is 0.288. The SMILES string of the molecule is CC(C)CCNC(=O)CN(CCN)CC(F)F. The van der Waals surface area contributed by atoms with Crippen molar-refractivity contribution in [2.75, 3.05) is 32.7 Å². The number of nitrogens with zero attached hydrogens (tertiary/aromatic N) is 1. The second-order valence-corrected chi connectivity index (χ2v) is 4.45. The van der Waals surface area contributed by atoms with Crippen LogP contribution in [0.2, 0.25) is 0 Å². The van der Waals surface area contributed by atoms with Crippen LogP contribution in [0.3, 0.4) is 0 Å². The van der Waals surface area contributed by atoms with E-state index in [1.165, 1.54) is 4.90 Å². The van der Waals surface area contributed by atoms with E-state index in [4.69, 9.17) is 5.73 Å². The van der Waals surface area contributed by atoms with Crippen LogP contribution in [0.4, 0.5) is 8.78 Å². The van der Waals surface area contributed by atoms with E-state index in [-0.39, 0.29) is 19.0 Å². The van der Waals surface area contributed by atoms with Gasteiger partial charge in [-0.25, -0.2) is 8.78 Å². The van der Waals surface area contributed by atoms with E-state index in [0.29, 0.717) is 19.0 Å². The van der Waals surface area contributed by atoms with E-state index >= 15 is 0 Å². The third-order valence-corrected chi connectivity index (χ3v) is 2.25. The molecule has 0 fully saturated rings. The number of carbonyl (C=O) groups is 1. The van der Waals surface area contributed by atoms with Gasteiger partial charge in [-0.05, 0) is 12.3 Å². The van der Waals surface area contributed by atoms with Gasteiger partial charge >= 0.3 is 0 Å². The lowest BCUT2D eigenvalue weighted by atomic mass is 10.1. The molecule has 3 N–H and O–H groups in total. The van der Waals surface area contributed by atoms with Crippen LogP contribution in [-0.4, -0.2) is 50.0 Å². The van der Waals surface area contributed by atoms with Gasteiger partial charge in [0, 0.05) is 19.6 Å². The van der Waals surface area contributed by atoms with Crippen molar-refractivity contribution in [2.45, 2.75) is 26.7 Å². The second kappa shape index (κ2) is 9.30. The average molecular weight is 251 g/mol. The third-order valence-electron chi connectivity index (χ3n) is 2.25. The summed E-state index contributed by atoms with van der Waals surface area (Å²) in [6.45, 7) is 4.86. The fourth-order valence-corrected chi connectivity index (χ4v) is 1.37. The lowest BCUT2D eigenvalue weighted by Gasteiger charge is -2.20. The summed E-state index contributed by atoms with van der Waals surface area (Å²) >= 11 is 0. The van der Waals surface area contributed by atoms with Gasteiger partial charge in [0.15, 0.2) is 0 Å². The summed E-state index contributed by atoms with van der Waals surface area (Å²) in [7, 11) is 0. The zero-order valence-corrected chi connectivity index (χ0v) is 10.6. The van der Waals surface area contributed by atoms with Gasteiger partial charge in [-0.3, -0.25) is 9.69 Å². The number of hydrogen-bond donors (Lipinski definition) is 2. The predicted octanol–water partition coefficient (Wildman–Crippen LogP) is 0.675. The van der Waals surface area contributed by atoms with Crippen molar-refractivity contribution < 1.29 is 13.6 Å². The van der Waals surface area contributed by atoms with Crippen molar-refractivity contribution in [3.8, 4) is 0 Å². The van der Waals surface area contributed by atoms with Crippen LogP contribution in [0, 0.1) is 5.92 Å². The summed E-state index contributed by atoms with van der Waals surface area (Å²) in [4.78, 5) is 12.8. The van der Waals surface area contributed by atoms with E-state index in [9.17, 15) is 13.6 Å². The first kappa shape index (κ1) is 16.2. The molecule has 0 aliphatic rings. The number of carbonyl (C=O) groups excluding carboxylic acids is 1. The molecule has 1 amide bonds. The molecular weight excluding hydrogens is 228 g/mol. The van der Waals surface area contributed by atoms with Crippen LogP contribution in [0.5, 0.6) is 0 Å². The summed E-state index contributed by atoms with van der Waals surface area (Å²) in [6.07, 6.45) is -1.55. The van der Waals surface area contributed by atoms with Crippen molar-refractivity contribution in [3.05, 3.63) is 0 Å². The molecule has 4 nitrogen and oxygen atoms in total. The Labute approximate surface area is 102 Å². The second-order valence-electron chi connectivity index (χ2n) is 4.45. The molecule has 17 heavy (non-hydrogen) atoms. The molecule has 0 radical (unpaired) electrons. The zero-order valence-electron chi connectivity index (χ0n) is 10.6. The predicted molar refractivity (Wildman–Crippen MR) is 64.0 cm³/mol. The summed E-state index contributed by atoms with van der Waals surface area (Å²) in [5.41, 5.74) is 5.30. The van der Waals surface area contributed by atoms with Gasteiger partial charge in [0.05, 0.1) is 13.1 Å². The number of amides is 1. The van der Waals surface area contributed by atoms with E-state index in [2.05, 4.69) is 19.2 Å². The minimum Gasteiger partial charge on any atom is -0.355 e. The quantitative estimate of drug-likeness (QED) is 0.633. The minimum absolute atomic E-state index is 0.0143. The van der Waals surface area contributed by atoms with Gasteiger partial charge in [0.25, 0.3) is 6.43 Å². The Hall–Kier alpha value is -0.750. The average Bonchev–Trinajstić information content (AvgIpc) is 2.15. The van der Waals surface area contributed by atoms with Crippen molar-refractivity contribution in [1.82, 2.24) is 10.2 Å². The number of alkyl halides is 2. The van der Waals surface area contributed by atoms with Gasteiger partial charge in [0.1, 0.15) is 0 Å². The first-order valence-electron chi connectivity index (χ1n) is 5.93. The Bertz CT molecular complexity index is 213. The Kier molecular flexibility index (Phi) is 8.89. The van der Waals surface area contributed by atoms with E-state index in [1.54, 1.807) is 0 Å². The maximum absolute atomic E-state index is 12.2. The van der Waals surface area contributed by atoms with E-state index in [1.807, 2.05) is 0 Å². The Morgan fingerprint density at radius 3 is 2.53 bits per heavy atom. The molecule has 0 aliphatic heterocycles.